The number of aliphatic hydroxyl groups excluding tert-OH is 1. The topological polar surface area (TPSA) is 84.2 Å². The Bertz CT molecular complexity index is 1320. The van der Waals surface area contributed by atoms with Crippen LogP contribution in [0.2, 0.25) is 0 Å². The van der Waals surface area contributed by atoms with Crippen molar-refractivity contribution in [3.8, 4) is 17.0 Å². The van der Waals surface area contributed by atoms with Gasteiger partial charge < -0.3 is 29.2 Å². The Labute approximate surface area is 204 Å². The Kier molecular flexibility index (Phi) is 5.98. The van der Waals surface area contributed by atoms with Gasteiger partial charge in [0.15, 0.2) is 11.5 Å². The molecule has 0 spiro atoms. The zero-order valence-electron chi connectivity index (χ0n) is 19.6. The van der Waals surface area contributed by atoms with Crippen molar-refractivity contribution in [2.75, 3.05) is 43.1 Å². The van der Waals surface area contributed by atoms with Crippen molar-refractivity contribution >= 4 is 22.8 Å². The van der Waals surface area contributed by atoms with Crippen molar-refractivity contribution in [1.29, 1.82) is 0 Å². The van der Waals surface area contributed by atoms with Gasteiger partial charge >= 0.3 is 0 Å². The van der Waals surface area contributed by atoms with Crippen LogP contribution >= 0.6 is 0 Å². The standard InChI is InChI=1S/C27H29N5O3/c33-13-9-23-17-31(12-15-34-23)22-6-4-21(5-7-22)29-26-27-28-10-11-32(27)18-24(30-26)19-3-8-25-20(16-19)2-1-14-35-25/h3-8,10-11,16,18,23,33H,1-2,9,12-15,17H2,(H,29,30). The number of aromatic nitrogens is 3. The van der Waals surface area contributed by atoms with Gasteiger partial charge in [-0.15, -0.1) is 0 Å². The van der Waals surface area contributed by atoms with Crippen molar-refractivity contribution < 1.29 is 14.6 Å². The van der Waals surface area contributed by atoms with Crippen molar-refractivity contribution in [2.45, 2.75) is 25.4 Å². The van der Waals surface area contributed by atoms with Crippen molar-refractivity contribution in [3.63, 3.8) is 0 Å². The summed E-state index contributed by atoms with van der Waals surface area (Å²) in [5, 5.41) is 12.7. The van der Waals surface area contributed by atoms with Crippen LogP contribution in [-0.4, -0.2) is 58.5 Å². The number of nitrogens with one attached hydrogen (secondary N) is 1. The van der Waals surface area contributed by atoms with E-state index >= 15 is 0 Å². The van der Waals surface area contributed by atoms with E-state index in [0.29, 0.717) is 18.8 Å². The normalized spacial score (nSPS) is 17.7. The lowest BCUT2D eigenvalue weighted by Crippen LogP contribution is -2.42. The van der Waals surface area contributed by atoms with Gasteiger partial charge in [-0.25, -0.2) is 9.97 Å². The highest BCUT2D eigenvalue weighted by Crippen LogP contribution is 2.31. The molecule has 4 heterocycles. The molecule has 1 fully saturated rings. The minimum Gasteiger partial charge on any atom is -0.493 e. The van der Waals surface area contributed by atoms with E-state index < -0.39 is 0 Å². The van der Waals surface area contributed by atoms with Gasteiger partial charge in [0, 0.05) is 55.2 Å². The van der Waals surface area contributed by atoms with Gasteiger partial charge in [-0.05, 0) is 67.3 Å². The summed E-state index contributed by atoms with van der Waals surface area (Å²) >= 11 is 0. The van der Waals surface area contributed by atoms with Crippen LogP contribution in [0.3, 0.4) is 0 Å². The predicted molar refractivity (Wildman–Crippen MR) is 136 cm³/mol. The lowest BCUT2D eigenvalue weighted by atomic mass is 10.0. The first-order chi connectivity index (χ1) is 17.3. The van der Waals surface area contributed by atoms with E-state index in [2.05, 4.69) is 51.6 Å². The first kappa shape index (κ1) is 21.9. The number of fused-ring (bicyclic) bond motifs is 2. The molecular weight excluding hydrogens is 442 g/mol. The number of morpholine rings is 1. The van der Waals surface area contributed by atoms with Gasteiger partial charge in [-0.1, -0.05) is 0 Å². The fraction of sp³-hybridized carbons (Fsp3) is 0.333. The summed E-state index contributed by atoms with van der Waals surface area (Å²) in [6.07, 6.45) is 8.55. The summed E-state index contributed by atoms with van der Waals surface area (Å²) in [5.74, 6) is 1.69. The number of hydrogen-bond acceptors (Lipinski definition) is 7. The average Bonchev–Trinajstić information content (AvgIpc) is 3.38. The number of benzene rings is 2. The van der Waals surface area contributed by atoms with E-state index in [4.69, 9.17) is 14.5 Å². The SMILES string of the molecule is OCCC1CN(c2ccc(Nc3nc(-c4ccc5c(c4)CCCO5)cn4ccnc34)cc2)CCO1. The van der Waals surface area contributed by atoms with E-state index in [0.717, 1.165) is 66.6 Å². The Morgan fingerprint density at radius 1 is 1.11 bits per heavy atom. The molecule has 1 saturated heterocycles. The van der Waals surface area contributed by atoms with Crippen LogP contribution in [0.5, 0.6) is 5.75 Å². The number of imidazole rings is 1. The van der Waals surface area contributed by atoms with Crippen LogP contribution in [0.25, 0.3) is 16.9 Å². The third kappa shape index (κ3) is 4.54. The molecule has 2 aromatic heterocycles. The number of anilines is 3. The zero-order chi connectivity index (χ0) is 23.6. The summed E-state index contributed by atoms with van der Waals surface area (Å²) in [4.78, 5) is 11.8. The molecule has 0 radical (unpaired) electrons. The number of ether oxygens (including phenoxy) is 2. The van der Waals surface area contributed by atoms with Crippen LogP contribution in [-0.2, 0) is 11.2 Å². The minimum absolute atomic E-state index is 0.0716. The highest BCUT2D eigenvalue weighted by Gasteiger charge is 2.20. The first-order valence-corrected chi connectivity index (χ1v) is 12.2. The molecular formula is C27H29N5O3. The van der Waals surface area contributed by atoms with Crippen molar-refractivity contribution in [3.05, 3.63) is 66.6 Å². The molecule has 1 atom stereocenters. The molecule has 0 bridgehead atoms. The maximum Gasteiger partial charge on any atom is 0.180 e. The molecule has 0 amide bonds. The lowest BCUT2D eigenvalue weighted by Gasteiger charge is -2.34. The van der Waals surface area contributed by atoms with Crippen molar-refractivity contribution in [2.24, 2.45) is 0 Å². The number of hydrogen-bond donors (Lipinski definition) is 2. The molecule has 2 N–H and O–H groups in total. The van der Waals surface area contributed by atoms with Gasteiger partial charge in [-0.3, -0.25) is 0 Å². The second-order valence-electron chi connectivity index (χ2n) is 9.03. The van der Waals surface area contributed by atoms with Crippen molar-refractivity contribution in [1.82, 2.24) is 14.4 Å². The highest BCUT2D eigenvalue weighted by atomic mass is 16.5. The molecule has 180 valence electrons. The molecule has 2 aliphatic heterocycles. The largest absolute Gasteiger partial charge is 0.493 e. The van der Waals surface area contributed by atoms with E-state index in [1.54, 1.807) is 6.20 Å². The van der Waals surface area contributed by atoms with Gasteiger partial charge in [0.2, 0.25) is 0 Å². The zero-order valence-corrected chi connectivity index (χ0v) is 19.6. The monoisotopic (exact) mass is 471 g/mol. The quantitative estimate of drug-likeness (QED) is 0.439. The number of nitrogens with zero attached hydrogens (tertiary/aromatic N) is 4. The van der Waals surface area contributed by atoms with Gasteiger partial charge in [0.05, 0.1) is 25.0 Å². The Morgan fingerprint density at radius 2 is 2.03 bits per heavy atom. The summed E-state index contributed by atoms with van der Waals surface area (Å²) in [5.41, 5.74) is 6.04. The number of aliphatic hydroxyl groups is 1. The molecule has 0 saturated carbocycles. The second kappa shape index (κ2) is 9.56. The highest BCUT2D eigenvalue weighted by molar-refractivity contribution is 5.74. The van der Waals surface area contributed by atoms with E-state index in [9.17, 15) is 5.11 Å². The van der Waals surface area contributed by atoms with Gasteiger partial charge in [-0.2, -0.15) is 0 Å². The van der Waals surface area contributed by atoms with Crippen LogP contribution in [0, 0.1) is 0 Å². The molecule has 0 aliphatic carbocycles. The third-order valence-corrected chi connectivity index (χ3v) is 6.66. The average molecular weight is 472 g/mol. The van der Waals surface area contributed by atoms with Crippen LogP contribution in [0.1, 0.15) is 18.4 Å². The van der Waals surface area contributed by atoms with Crippen LogP contribution in [0.15, 0.2) is 61.1 Å². The Hall–Kier alpha value is -3.62. The Morgan fingerprint density at radius 3 is 2.91 bits per heavy atom. The van der Waals surface area contributed by atoms with E-state index in [1.165, 1.54) is 5.56 Å². The molecule has 2 aromatic carbocycles. The third-order valence-electron chi connectivity index (χ3n) is 6.66. The van der Waals surface area contributed by atoms with Crippen LogP contribution in [0.4, 0.5) is 17.2 Å². The molecule has 1 unspecified atom stereocenters. The van der Waals surface area contributed by atoms with E-state index in [1.807, 2.05) is 22.9 Å². The minimum atomic E-state index is 0.0716. The lowest BCUT2D eigenvalue weighted by molar-refractivity contribution is 0.0247. The predicted octanol–water partition coefficient (Wildman–Crippen LogP) is 4.05. The molecule has 2 aliphatic rings. The molecule has 4 aromatic rings. The molecule has 8 nitrogen and oxygen atoms in total. The van der Waals surface area contributed by atoms with Gasteiger partial charge in [0.1, 0.15) is 5.75 Å². The fourth-order valence-corrected chi connectivity index (χ4v) is 4.84. The fourth-order valence-electron chi connectivity index (χ4n) is 4.84. The maximum atomic E-state index is 9.23. The smallest absolute Gasteiger partial charge is 0.180 e. The summed E-state index contributed by atoms with van der Waals surface area (Å²) in [6, 6.07) is 14.7. The summed E-state index contributed by atoms with van der Waals surface area (Å²) < 4.78 is 13.5. The molecule has 35 heavy (non-hydrogen) atoms. The first-order valence-electron chi connectivity index (χ1n) is 12.2. The van der Waals surface area contributed by atoms with Gasteiger partial charge in [0.25, 0.3) is 0 Å². The number of rotatable bonds is 6. The summed E-state index contributed by atoms with van der Waals surface area (Å²) in [6.45, 7) is 3.24. The Balaban J connectivity index is 1.25. The van der Waals surface area contributed by atoms with E-state index in [-0.39, 0.29) is 12.7 Å². The number of aryl methyl sites for hydroxylation is 1. The summed E-state index contributed by atoms with van der Waals surface area (Å²) in [7, 11) is 0. The van der Waals surface area contributed by atoms with Crippen LogP contribution < -0.4 is 15.0 Å². The molecule has 6 rings (SSSR count). The second-order valence-corrected chi connectivity index (χ2v) is 9.03. The molecule has 8 heteroatoms. The maximum absolute atomic E-state index is 9.23.